The maximum absolute atomic E-state index is 15.4. The van der Waals surface area contributed by atoms with Gasteiger partial charge in [0.05, 0.1) is 12.1 Å². The molecule has 3 N–H and O–H groups in total. The Bertz CT molecular complexity index is 2220. The number of benzene rings is 2. The number of likely N-dealkylation sites (tertiary alicyclic amines) is 1. The van der Waals surface area contributed by atoms with Crippen molar-refractivity contribution >= 4 is 40.7 Å². The molecule has 7 rings (SSSR count). The fourth-order valence-electron chi connectivity index (χ4n) is 8.85. The average molecular weight is 834 g/mol. The summed E-state index contributed by atoms with van der Waals surface area (Å²) in [4.78, 5) is 52.5. The highest BCUT2D eigenvalue weighted by Crippen LogP contribution is 2.32. The minimum atomic E-state index is -0.420. The van der Waals surface area contributed by atoms with E-state index in [4.69, 9.17) is 9.73 Å². The van der Waals surface area contributed by atoms with Gasteiger partial charge in [-0.15, -0.1) is 0 Å². The van der Waals surface area contributed by atoms with E-state index in [0.717, 1.165) is 91.9 Å². The molecule has 0 atom stereocenters. The van der Waals surface area contributed by atoms with E-state index in [1.165, 1.54) is 22.8 Å². The molecule has 0 spiro atoms. The van der Waals surface area contributed by atoms with Crippen LogP contribution in [-0.2, 0) is 20.7 Å². The van der Waals surface area contributed by atoms with Gasteiger partial charge in [0, 0.05) is 107 Å². The number of nitrogens with zero attached hydrogens (tertiary/aromatic N) is 6. The molecule has 2 aromatic rings. The molecule has 0 unspecified atom stereocenters. The van der Waals surface area contributed by atoms with Gasteiger partial charge in [-0.3, -0.25) is 24.7 Å². The highest BCUT2D eigenvalue weighted by Gasteiger charge is 2.35. The highest BCUT2D eigenvalue weighted by atomic mass is 19.1. The second kappa shape index (κ2) is 18.8. The molecule has 0 saturated carbocycles. The molecular formula is C47H60FN9O4. The van der Waals surface area contributed by atoms with Gasteiger partial charge in [0.15, 0.2) is 0 Å². The maximum atomic E-state index is 15.4. The lowest BCUT2D eigenvalue weighted by molar-refractivity contribution is -0.132. The number of aryl methyl sites for hydroxylation is 1. The molecule has 0 aliphatic carbocycles. The second-order valence-corrected chi connectivity index (χ2v) is 16.7. The zero-order valence-electron chi connectivity index (χ0n) is 36.5. The van der Waals surface area contributed by atoms with Crippen molar-refractivity contribution in [3.63, 3.8) is 0 Å². The average Bonchev–Trinajstić information content (AvgIpc) is 3.21. The van der Waals surface area contributed by atoms with E-state index in [2.05, 4.69) is 64.1 Å². The minimum absolute atomic E-state index is 0.0134. The van der Waals surface area contributed by atoms with Crippen LogP contribution in [0.4, 0.5) is 26.2 Å². The minimum Gasteiger partial charge on any atom is -0.494 e. The van der Waals surface area contributed by atoms with Crippen molar-refractivity contribution in [2.45, 2.75) is 66.8 Å². The first kappa shape index (κ1) is 43.2. The van der Waals surface area contributed by atoms with Crippen LogP contribution in [0.25, 0.3) is 0 Å². The molecule has 5 aliphatic heterocycles. The third-order valence-electron chi connectivity index (χ3n) is 12.4. The number of carbonyl (C=O) groups is 3. The van der Waals surface area contributed by atoms with Crippen LogP contribution in [0.1, 0.15) is 58.6 Å². The predicted octanol–water partition coefficient (Wildman–Crippen LogP) is 6.22. The lowest BCUT2D eigenvalue weighted by Crippen LogP contribution is -2.63. The Morgan fingerprint density at radius 1 is 0.984 bits per heavy atom. The van der Waals surface area contributed by atoms with Gasteiger partial charge >= 0.3 is 6.03 Å². The number of amidine groups is 1. The predicted molar refractivity (Wildman–Crippen MR) is 240 cm³/mol. The van der Waals surface area contributed by atoms with E-state index >= 15 is 4.39 Å². The Labute approximate surface area is 359 Å². The Balaban J connectivity index is 0.875. The highest BCUT2D eigenvalue weighted by molar-refractivity contribution is 6.06. The summed E-state index contributed by atoms with van der Waals surface area (Å²) < 4.78 is 21.2. The smallest absolute Gasteiger partial charge is 0.328 e. The van der Waals surface area contributed by atoms with Crippen LogP contribution >= 0.6 is 0 Å². The number of halogens is 1. The van der Waals surface area contributed by atoms with Gasteiger partial charge in [0.1, 0.15) is 24.0 Å². The molecule has 324 valence electrons. The van der Waals surface area contributed by atoms with Crippen molar-refractivity contribution < 1.29 is 23.5 Å². The van der Waals surface area contributed by atoms with Gasteiger partial charge < -0.3 is 30.1 Å². The summed E-state index contributed by atoms with van der Waals surface area (Å²) in [7, 11) is 0. The van der Waals surface area contributed by atoms with Crippen LogP contribution in [0.15, 0.2) is 99.7 Å². The van der Waals surface area contributed by atoms with Crippen molar-refractivity contribution in [2.75, 3.05) is 87.2 Å². The third-order valence-corrected chi connectivity index (χ3v) is 12.4. The van der Waals surface area contributed by atoms with Crippen molar-refractivity contribution in [1.29, 1.82) is 0 Å². The van der Waals surface area contributed by atoms with E-state index in [1.807, 2.05) is 50.1 Å². The number of nitrogens with one attached hydrogen (secondary N) is 3. The normalized spacial score (nSPS) is 20.5. The number of imide groups is 1. The molecular weight excluding hydrogens is 774 g/mol. The number of hydrogen-bond acceptors (Lipinski definition) is 9. The van der Waals surface area contributed by atoms with Crippen LogP contribution in [0.3, 0.4) is 0 Å². The van der Waals surface area contributed by atoms with Crippen molar-refractivity contribution in [3.8, 4) is 0 Å². The molecule has 14 heteroatoms. The van der Waals surface area contributed by atoms with Crippen molar-refractivity contribution in [2.24, 2.45) is 4.99 Å². The van der Waals surface area contributed by atoms with Crippen LogP contribution < -0.4 is 25.8 Å². The quantitative estimate of drug-likeness (QED) is 0.145. The number of aliphatic imine (C=N–C) groups is 1. The van der Waals surface area contributed by atoms with E-state index in [9.17, 15) is 14.4 Å². The van der Waals surface area contributed by atoms with Gasteiger partial charge in [-0.1, -0.05) is 18.2 Å². The zero-order chi connectivity index (χ0) is 43.4. The number of urea groups is 1. The third kappa shape index (κ3) is 9.85. The van der Waals surface area contributed by atoms with Gasteiger partial charge in [-0.05, 0) is 112 Å². The topological polar surface area (TPSA) is 125 Å². The Morgan fingerprint density at radius 2 is 1.75 bits per heavy atom. The van der Waals surface area contributed by atoms with Crippen LogP contribution in [0, 0.1) is 12.7 Å². The zero-order valence-corrected chi connectivity index (χ0v) is 36.5. The number of amides is 4. The number of ether oxygens (including phenoxy) is 1. The number of allylic oxidation sites excluding steroid dienone is 4. The van der Waals surface area contributed by atoms with Crippen LogP contribution in [0.2, 0.25) is 0 Å². The number of piperidine rings is 1. The lowest BCUT2D eigenvalue weighted by Gasteiger charge is -2.49. The summed E-state index contributed by atoms with van der Waals surface area (Å²) in [6, 6.07) is 11.0. The Kier molecular flexibility index (Phi) is 13.3. The maximum Gasteiger partial charge on any atom is 0.328 e. The molecule has 0 radical (unpaired) electrons. The van der Waals surface area contributed by atoms with Crippen LogP contribution in [0.5, 0.6) is 0 Å². The number of piperazine rings is 1. The lowest BCUT2D eigenvalue weighted by atomic mass is 9.94. The second-order valence-electron chi connectivity index (χ2n) is 16.7. The molecule has 4 fully saturated rings. The summed E-state index contributed by atoms with van der Waals surface area (Å²) in [5.74, 6) is 0.810. The fraction of sp³-hybridized carbons (Fsp3) is 0.447. The van der Waals surface area contributed by atoms with E-state index in [-0.39, 0.29) is 24.3 Å². The first-order valence-corrected chi connectivity index (χ1v) is 21.4. The fourth-order valence-corrected chi connectivity index (χ4v) is 8.85. The van der Waals surface area contributed by atoms with Gasteiger partial charge in [-0.25, -0.2) is 14.2 Å². The Hall–Kier alpha value is -5.89. The van der Waals surface area contributed by atoms with Crippen LogP contribution in [-0.4, -0.2) is 116 Å². The summed E-state index contributed by atoms with van der Waals surface area (Å²) in [5.41, 5.74) is 10.7. The molecule has 2 aromatic carbocycles. The summed E-state index contributed by atoms with van der Waals surface area (Å²) in [6.07, 6.45) is 4.97. The van der Waals surface area contributed by atoms with E-state index in [1.54, 1.807) is 17.0 Å². The van der Waals surface area contributed by atoms with Gasteiger partial charge in [-0.2, -0.15) is 0 Å². The number of rotatable bonds is 10. The molecule has 0 aromatic heterocycles. The molecule has 5 aliphatic rings. The largest absolute Gasteiger partial charge is 0.494 e. The number of anilines is 3. The molecule has 5 heterocycles. The summed E-state index contributed by atoms with van der Waals surface area (Å²) in [6.45, 7) is 24.3. The molecule has 4 saturated heterocycles. The van der Waals surface area contributed by atoms with E-state index < -0.39 is 5.82 Å². The van der Waals surface area contributed by atoms with E-state index in [0.29, 0.717) is 55.8 Å². The Morgan fingerprint density at radius 3 is 2.43 bits per heavy atom. The van der Waals surface area contributed by atoms with Crippen molar-refractivity contribution in [1.82, 2.24) is 25.3 Å². The summed E-state index contributed by atoms with van der Waals surface area (Å²) >= 11 is 0. The first-order chi connectivity index (χ1) is 29.3. The monoisotopic (exact) mass is 833 g/mol. The molecule has 13 nitrogen and oxygen atoms in total. The van der Waals surface area contributed by atoms with Gasteiger partial charge in [0.25, 0.3) is 0 Å². The van der Waals surface area contributed by atoms with Gasteiger partial charge in [0.2, 0.25) is 11.8 Å². The van der Waals surface area contributed by atoms with Crippen molar-refractivity contribution in [3.05, 3.63) is 112 Å². The molecule has 4 amide bonds. The summed E-state index contributed by atoms with van der Waals surface area (Å²) in [5, 5.41) is 9.11. The first-order valence-electron chi connectivity index (χ1n) is 21.4. The number of carbonyl (C=O) groups excluding carboxylic acids is 3. The molecule has 0 bridgehead atoms. The standard InChI is InChI=1S/C47H60FN9O4/c1-8-42(32(5)46-33(6)61-22-15-49-46)55-16-13-36(40(29-55)30(2)3)26-50-34(7)51-37-10-9-35(41(48)25-37)24-45(59)54-20-18-53(19-21-54)39-27-56(28-39)38-11-12-43(31(4)23-38)57-17-14-44(58)52-47(57)60/h8-12,23,25-26,39,49H,1,13-22,24,27-29H2,2-7H3,(H,50,51)(H,52,58,60)/b36-26-,42-32+. The number of hydrogen-bond donors (Lipinski definition) is 3. The molecule has 61 heavy (non-hydrogen) atoms. The SMILES string of the molecule is C=C/C(=C(/C)C1=C(C)OCCN1)N1CC/C(=C/N=C(C)Nc2ccc(CC(=O)N3CCN(C4CN(c5ccc(N6CCC(=O)NC6=O)c(C)c5)C4)CC3)c(F)c2)C(=C(C)C)C1.